The molecule has 0 aliphatic carbocycles. The number of rotatable bonds is 8. The van der Waals surface area contributed by atoms with E-state index in [0.29, 0.717) is 11.3 Å². The van der Waals surface area contributed by atoms with Crippen molar-refractivity contribution in [3.05, 3.63) is 107 Å². The zero-order valence-corrected chi connectivity index (χ0v) is 24.8. The highest BCUT2D eigenvalue weighted by atomic mass is 35.5. The van der Waals surface area contributed by atoms with Crippen LogP contribution in [0.15, 0.2) is 106 Å². The Morgan fingerprint density at radius 2 is 1.43 bits per heavy atom. The summed E-state index contributed by atoms with van der Waals surface area (Å²) < 4.78 is 57.6. The number of piperazine rings is 1. The molecule has 1 amide bonds. The normalized spacial score (nSPS) is 17.0. The van der Waals surface area contributed by atoms with Gasteiger partial charge >= 0.3 is 0 Å². The van der Waals surface area contributed by atoms with Crippen molar-refractivity contribution in [3.8, 4) is 5.69 Å². The third kappa shape index (κ3) is 5.87. The molecule has 11 nitrogen and oxygen atoms in total. The molecular formula is C28H27ClN6O5S2. The van der Waals surface area contributed by atoms with Crippen LogP contribution in [-0.2, 0) is 24.8 Å². The molecule has 0 radical (unpaired) electrons. The summed E-state index contributed by atoms with van der Waals surface area (Å²) in [7, 11) is -8.14. The first-order chi connectivity index (χ1) is 20.1. The lowest BCUT2D eigenvalue weighted by Crippen LogP contribution is -2.60. The van der Waals surface area contributed by atoms with Crippen molar-refractivity contribution in [3.63, 3.8) is 0 Å². The Hall–Kier alpha value is -3.88. The highest BCUT2D eigenvalue weighted by Gasteiger charge is 2.43. The van der Waals surface area contributed by atoms with Crippen LogP contribution in [0.25, 0.3) is 5.69 Å². The van der Waals surface area contributed by atoms with Crippen molar-refractivity contribution in [1.82, 2.24) is 23.8 Å². The molecule has 1 aromatic heterocycles. The highest BCUT2D eigenvalue weighted by molar-refractivity contribution is 7.89. The minimum atomic E-state index is -4.14. The Labute approximate surface area is 249 Å². The molecule has 3 aromatic carbocycles. The van der Waals surface area contributed by atoms with Gasteiger partial charge in [-0.1, -0.05) is 66.2 Å². The second kappa shape index (κ2) is 12.2. The number of hydrogen-bond acceptors (Lipinski definition) is 7. The zero-order valence-electron chi connectivity index (χ0n) is 22.4. The standard InChI is InChI=1S/C28H27ClN6O5S2/c1-21-25(27(29)32-35(21)22-11-5-2-6-12-22)19-30-31-28(36)26-20-33(41(37,38)23-13-7-3-8-14-23)17-18-34(26)42(39,40)24-15-9-4-10-16-24/h2-16,19,26H,17-18,20H2,1H3,(H,31,36)/b30-19-/t26-/m1/s1. The summed E-state index contributed by atoms with van der Waals surface area (Å²) in [5.74, 6) is -0.803. The van der Waals surface area contributed by atoms with Crippen LogP contribution in [0.3, 0.4) is 0 Å². The second-order valence-electron chi connectivity index (χ2n) is 9.39. The number of halogens is 1. The van der Waals surface area contributed by atoms with E-state index in [0.717, 1.165) is 14.3 Å². The molecule has 1 N–H and O–H groups in total. The van der Waals surface area contributed by atoms with Crippen molar-refractivity contribution in [2.45, 2.75) is 22.8 Å². The van der Waals surface area contributed by atoms with E-state index >= 15 is 0 Å². The number of carbonyl (C=O) groups excluding carboxylic acids is 1. The van der Waals surface area contributed by atoms with Gasteiger partial charge in [0.2, 0.25) is 20.0 Å². The smallest absolute Gasteiger partial charge is 0.259 e. The number of nitrogens with one attached hydrogen (secondary N) is 1. The van der Waals surface area contributed by atoms with Gasteiger partial charge in [-0.3, -0.25) is 4.79 Å². The van der Waals surface area contributed by atoms with Crippen LogP contribution in [0.4, 0.5) is 0 Å². The Balaban J connectivity index is 1.42. The Morgan fingerprint density at radius 1 is 0.881 bits per heavy atom. The molecule has 1 aliphatic rings. The lowest BCUT2D eigenvalue weighted by Gasteiger charge is -2.38. The fourth-order valence-corrected chi connectivity index (χ4v) is 7.92. The predicted octanol–water partition coefficient (Wildman–Crippen LogP) is 3.05. The molecule has 2 heterocycles. The van der Waals surface area contributed by atoms with Crippen LogP contribution >= 0.6 is 11.6 Å². The second-order valence-corrected chi connectivity index (χ2v) is 13.6. The van der Waals surface area contributed by atoms with Crippen LogP contribution in [0.5, 0.6) is 0 Å². The number of hydrazone groups is 1. The van der Waals surface area contributed by atoms with E-state index in [1.165, 1.54) is 30.5 Å². The number of carbonyl (C=O) groups is 1. The highest BCUT2D eigenvalue weighted by Crippen LogP contribution is 2.26. The van der Waals surface area contributed by atoms with E-state index in [2.05, 4.69) is 15.6 Å². The van der Waals surface area contributed by atoms with Crippen LogP contribution in [0, 0.1) is 6.92 Å². The van der Waals surface area contributed by atoms with Gasteiger partial charge in [0.05, 0.1) is 33.0 Å². The van der Waals surface area contributed by atoms with E-state index in [1.54, 1.807) is 48.0 Å². The number of amides is 1. The largest absolute Gasteiger partial charge is 0.271 e. The van der Waals surface area contributed by atoms with Crippen molar-refractivity contribution in [2.24, 2.45) is 5.10 Å². The van der Waals surface area contributed by atoms with Crippen molar-refractivity contribution < 1.29 is 21.6 Å². The third-order valence-electron chi connectivity index (χ3n) is 6.81. The zero-order chi connectivity index (χ0) is 29.9. The molecular weight excluding hydrogens is 600 g/mol. The van der Waals surface area contributed by atoms with Gasteiger partial charge in [-0.25, -0.2) is 26.9 Å². The van der Waals surface area contributed by atoms with Crippen molar-refractivity contribution in [1.29, 1.82) is 0 Å². The summed E-state index contributed by atoms with van der Waals surface area (Å²) in [6.07, 6.45) is 1.32. The number of nitrogens with zero attached hydrogens (tertiary/aromatic N) is 5. The van der Waals surface area contributed by atoms with Crippen LogP contribution in [0.1, 0.15) is 11.3 Å². The SMILES string of the molecule is Cc1c(/C=N\NC(=O)[C@H]2CN(S(=O)(=O)c3ccccc3)CCN2S(=O)(=O)c2ccccc2)c(Cl)nn1-c1ccccc1. The first-order valence-corrected chi connectivity index (χ1v) is 16.1. The molecule has 5 rings (SSSR count). The third-order valence-corrected chi connectivity index (χ3v) is 10.9. The molecule has 4 aromatic rings. The average Bonchev–Trinajstić information content (AvgIpc) is 3.30. The van der Waals surface area contributed by atoms with E-state index in [9.17, 15) is 21.6 Å². The summed E-state index contributed by atoms with van der Waals surface area (Å²) in [4.78, 5) is 13.5. The lowest BCUT2D eigenvalue weighted by atomic mass is 10.2. The molecule has 0 bridgehead atoms. The minimum absolute atomic E-state index is 0.0126. The van der Waals surface area contributed by atoms with E-state index in [-0.39, 0.29) is 28.0 Å². The van der Waals surface area contributed by atoms with E-state index < -0.39 is 38.5 Å². The topological polar surface area (TPSA) is 134 Å². The fourth-order valence-electron chi connectivity index (χ4n) is 4.61. The Morgan fingerprint density at radius 3 is 2.02 bits per heavy atom. The maximum Gasteiger partial charge on any atom is 0.259 e. The maximum absolute atomic E-state index is 13.6. The van der Waals surface area contributed by atoms with E-state index in [1.807, 2.05) is 30.3 Å². The maximum atomic E-state index is 13.6. The van der Waals surface area contributed by atoms with Crippen LogP contribution in [0.2, 0.25) is 5.15 Å². The molecule has 1 fully saturated rings. The molecule has 0 spiro atoms. The van der Waals surface area contributed by atoms with Gasteiger partial charge in [-0.05, 0) is 43.3 Å². The van der Waals surface area contributed by atoms with Gasteiger partial charge in [0.15, 0.2) is 5.15 Å². The summed E-state index contributed by atoms with van der Waals surface area (Å²) in [5.41, 5.74) is 4.27. The Kier molecular flexibility index (Phi) is 8.57. The average molecular weight is 627 g/mol. The molecule has 1 atom stereocenters. The molecule has 42 heavy (non-hydrogen) atoms. The lowest BCUT2D eigenvalue weighted by molar-refractivity contribution is -0.125. The predicted molar refractivity (Wildman–Crippen MR) is 158 cm³/mol. The van der Waals surface area contributed by atoms with Crippen molar-refractivity contribution in [2.75, 3.05) is 19.6 Å². The van der Waals surface area contributed by atoms with Gasteiger partial charge in [-0.15, -0.1) is 0 Å². The van der Waals surface area contributed by atoms with Gasteiger partial charge < -0.3 is 0 Å². The van der Waals surface area contributed by atoms with Crippen LogP contribution < -0.4 is 5.43 Å². The first-order valence-electron chi connectivity index (χ1n) is 12.9. The monoisotopic (exact) mass is 626 g/mol. The molecule has 14 heteroatoms. The number of sulfonamides is 2. The minimum Gasteiger partial charge on any atom is -0.271 e. The fraction of sp³-hybridized carbons (Fsp3) is 0.179. The number of hydrogen-bond donors (Lipinski definition) is 1. The first kappa shape index (κ1) is 29.6. The number of aromatic nitrogens is 2. The van der Waals surface area contributed by atoms with Gasteiger partial charge in [-0.2, -0.15) is 18.8 Å². The van der Waals surface area contributed by atoms with Gasteiger partial charge in [0, 0.05) is 19.6 Å². The summed E-state index contributed by atoms with van der Waals surface area (Å²) in [5, 5.41) is 8.51. The molecule has 0 saturated carbocycles. The molecule has 218 valence electrons. The molecule has 0 unspecified atom stereocenters. The van der Waals surface area contributed by atoms with Gasteiger partial charge in [0.25, 0.3) is 5.91 Å². The Bertz CT molecular complexity index is 1820. The van der Waals surface area contributed by atoms with Crippen molar-refractivity contribution >= 4 is 43.8 Å². The van der Waals surface area contributed by atoms with E-state index in [4.69, 9.17) is 11.6 Å². The molecule has 1 saturated heterocycles. The molecule has 1 aliphatic heterocycles. The number of para-hydroxylation sites is 1. The van der Waals surface area contributed by atoms with Crippen LogP contribution in [-0.4, -0.2) is 73.0 Å². The quantitative estimate of drug-likeness (QED) is 0.236. The summed E-state index contributed by atoms with van der Waals surface area (Å²) in [6, 6.07) is 23.4. The van der Waals surface area contributed by atoms with Gasteiger partial charge in [0.1, 0.15) is 6.04 Å². The number of benzene rings is 3. The summed E-state index contributed by atoms with van der Waals surface area (Å²) in [6.45, 7) is 1.01. The summed E-state index contributed by atoms with van der Waals surface area (Å²) >= 11 is 6.35.